The van der Waals surface area contributed by atoms with E-state index >= 15 is 0 Å². The van der Waals surface area contributed by atoms with Crippen LogP contribution in [0.15, 0.2) is 11.6 Å². The Morgan fingerprint density at radius 2 is 1.85 bits per heavy atom. The zero-order valence-corrected chi connectivity index (χ0v) is 16.3. The first-order valence-electron chi connectivity index (χ1n) is 11.1. The molecule has 0 aromatic heterocycles. The Labute approximate surface area is 157 Å². The van der Waals surface area contributed by atoms with Gasteiger partial charge in [0.2, 0.25) is 0 Å². The summed E-state index contributed by atoms with van der Waals surface area (Å²) in [7, 11) is 0. The van der Waals surface area contributed by atoms with E-state index in [1.807, 2.05) is 0 Å². The minimum Gasteiger partial charge on any atom is -0.393 e. The quantitative estimate of drug-likeness (QED) is 0.643. The number of allylic oxidation sites excluding steroid dienone is 1. The molecule has 3 heteroatoms. The molecule has 0 aromatic carbocycles. The summed E-state index contributed by atoms with van der Waals surface area (Å²) >= 11 is 0. The molecule has 1 saturated heterocycles. The van der Waals surface area contributed by atoms with E-state index in [-0.39, 0.29) is 17.1 Å². The number of aliphatic hydroxyl groups excluding tert-OH is 2. The number of hydrogen-bond acceptors (Lipinski definition) is 3. The largest absolute Gasteiger partial charge is 0.393 e. The summed E-state index contributed by atoms with van der Waals surface area (Å²) in [5.41, 5.74) is 2.11. The number of ether oxygens (including phenoxy) is 1. The lowest BCUT2D eigenvalue weighted by molar-refractivity contribution is -0.208. The van der Waals surface area contributed by atoms with Crippen molar-refractivity contribution in [1.82, 2.24) is 0 Å². The second-order valence-corrected chi connectivity index (χ2v) is 11.0. The minimum absolute atomic E-state index is 0.0274. The molecule has 26 heavy (non-hydrogen) atoms. The molecule has 1 heterocycles. The van der Waals surface area contributed by atoms with Gasteiger partial charge in [-0.15, -0.1) is 0 Å². The van der Waals surface area contributed by atoms with Crippen molar-refractivity contribution < 1.29 is 14.9 Å². The van der Waals surface area contributed by atoms with Crippen LogP contribution < -0.4 is 0 Å². The predicted octanol–water partition coefficient (Wildman–Crippen LogP) is 4.03. The summed E-state index contributed by atoms with van der Waals surface area (Å²) in [6.07, 6.45) is 12.0. The molecular weight excluding hydrogens is 324 g/mol. The molecule has 1 aliphatic heterocycles. The maximum absolute atomic E-state index is 10.2. The molecule has 0 aromatic rings. The van der Waals surface area contributed by atoms with Gasteiger partial charge in [0.1, 0.15) is 0 Å². The molecule has 0 bridgehead atoms. The van der Waals surface area contributed by atoms with Crippen LogP contribution in [0.25, 0.3) is 0 Å². The molecule has 1 unspecified atom stereocenters. The minimum atomic E-state index is -0.528. The zero-order chi connectivity index (χ0) is 17.9. The number of hydrogen-bond donors (Lipinski definition) is 2. The van der Waals surface area contributed by atoms with E-state index in [0.29, 0.717) is 11.3 Å². The fraction of sp³-hybridized carbons (Fsp3) is 0.913. The van der Waals surface area contributed by atoms with E-state index in [0.717, 1.165) is 49.4 Å². The lowest BCUT2D eigenvalue weighted by Gasteiger charge is -2.60. The molecule has 6 aliphatic rings. The van der Waals surface area contributed by atoms with Gasteiger partial charge in [0.25, 0.3) is 0 Å². The maximum Gasteiger partial charge on any atom is 0.155 e. The van der Waals surface area contributed by atoms with Crippen molar-refractivity contribution in [3.05, 3.63) is 11.6 Å². The van der Waals surface area contributed by atoms with Crippen molar-refractivity contribution in [3.63, 3.8) is 0 Å². The molecule has 6 rings (SSSR count). The van der Waals surface area contributed by atoms with Gasteiger partial charge in [-0.2, -0.15) is 0 Å². The highest BCUT2D eigenvalue weighted by atomic mass is 16.6. The van der Waals surface area contributed by atoms with Gasteiger partial charge in [0.05, 0.1) is 11.7 Å². The fourth-order valence-corrected chi connectivity index (χ4v) is 9.14. The van der Waals surface area contributed by atoms with Crippen LogP contribution in [-0.4, -0.2) is 28.2 Å². The standard InChI is InChI=1S/C23H34O3/c1-21-8-5-14(24)11-13(21)3-4-15-17(21)6-9-22(2)20(15)16-12-18(16)23(22)10-7-19(25)26-23/h3,14-20,24-25H,4-12H2,1-2H3/t14-,15+,16+,17-,18-,19?,20+,21-,22-,23-/m0/s1. The predicted molar refractivity (Wildman–Crippen MR) is 99.1 cm³/mol. The Bertz CT molecular complexity index is 672. The van der Waals surface area contributed by atoms with Gasteiger partial charge in [-0.1, -0.05) is 25.5 Å². The molecule has 5 fully saturated rings. The van der Waals surface area contributed by atoms with E-state index < -0.39 is 6.29 Å². The number of fused-ring (bicyclic) bond motifs is 9. The Kier molecular flexibility index (Phi) is 3.16. The van der Waals surface area contributed by atoms with Crippen molar-refractivity contribution >= 4 is 0 Å². The number of aliphatic hydroxyl groups is 2. The van der Waals surface area contributed by atoms with Crippen molar-refractivity contribution in [1.29, 1.82) is 0 Å². The third-order valence-electron chi connectivity index (χ3n) is 10.3. The average Bonchev–Trinajstić information content (AvgIpc) is 3.24. The Balaban J connectivity index is 1.39. The fourth-order valence-electron chi connectivity index (χ4n) is 9.14. The summed E-state index contributed by atoms with van der Waals surface area (Å²) in [5, 5.41) is 20.4. The zero-order valence-electron chi connectivity index (χ0n) is 16.3. The molecule has 3 nitrogen and oxygen atoms in total. The highest BCUT2D eigenvalue weighted by Gasteiger charge is 2.78. The summed E-state index contributed by atoms with van der Waals surface area (Å²) in [5.74, 6) is 3.90. The normalized spacial score (nSPS) is 62.9. The molecule has 0 amide bonds. The van der Waals surface area contributed by atoms with Crippen molar-refractivity contribution in [3.8, 4) is 0 Å². The van der Waals surface area contributed by atoms with Crippen LogP contribution in [0.2, 0.25) is 0 Å². The van der Waals surface area contributed by atoms with Gasteiger partial charge >= 0.3 is 0 Å². The first-order valence-corrected chi connectivity index (χ1v) is 11.1. The van der Waals surface area contributed by atoms with Crippen LogP contribution >= 0.6 is 0 Å². The molecule has 1 spiro atoms. The van der Waals surface area contributed by atoms with E-state index in [1.54, 1.807) is 5.57 Å². The summed E-state index contributed by atoms with van der Waals surface area (Å²) < 4.78 is 6.37. The van der Waals surface area contributed by atoms with E-state index in [1.165, 1.54) is 32.1 Å². The third kappa shape index (κ3) is 1.77. The Hall–Kier alpha value is -0.380. The summed E-state index contributed by atoms with van der Waals surface area (Å²) in [4.78, 5) is 0. The SMILES string of the molecule is C[C@]12CC[C@H](O)CC1=CC[C@H]1[C@@H]3[C@@H]4C[C@@H]4[C@@]4(CCC(O)O4)[C@@]3(C)CC[C@@H]12. The van der Waals surface area contributed by atoms with Crippen molar-refractivity contribution in [2.24, 2.45) is 40.4 Å². The molecule has 2 N–H and O–H groups in total. The highest BCUT2D eigenvalue weighted by Crippen LogP contribution is 2.79. The van der Waals surface area contributed by atoms with Gasteiger partial charge in [-0.05, 0) is 86.4 Å². The topological polar surface area (TPSA) is 49.7 Å². The second kappa shape index (κ2) is 4.96. The Morgan fingerprint density at radius 1 is 1.00 bits per heavy atom. The summed E-state index contributed by atoms with van der Waals surface area (Å²) in [6, 6.07) is 0. The molecule has 5 aliphatic carbocycles. The van der Waals surface area contributed by atoms with E-state index in [2.05, 4.69) is 19.9 Å². The van der Waals surface area contributed by atoms with Crippen LogP contribution in [-0.2, 0) is 4.74 Å². The van der Waals surface area contributed by atoms with Crippen LogP contribution in [0, 0.1) is 40.4 Å². The van der Waals surface area contributed by atoms with Gasteiger partial charge < -0.3 is 14.9 Å². The second-order valence-electron chi connectivity index (χ2n) is 11.0. The van der Waals surface area contributed by atoms with Crippen LogP contribution in [0.5, 0.6) is 0 Å². The first kappa shape index (κ1) is 16.6. The Morgan fingerprint density at radius 3 is 2.62 bits per heavy atom. The van der Waals surface area contributed by atoms with Gasteiger partial charge in [0, 0.05) is 11.8 Å². The van der Waals surface area contributed by atoms with Crippen molar-refractivity contribution in [2.75, 3.05) is 0 Å². The van der Waals surface area contributed by atoms with Gasteiger partial charge in [-0.25, -0.2) is 0 Å². The number of rotatable bonds is 0. The monoisotopic (exact) mass is 358 g/mol. The van der Waals surface area contributed by atoms with Gasteiger partial charge in [0.15, 0.2) is 6.29 Å². The van der Waals surface area contributed by atoms with Crippen LogP contribution in [0.1, 0.15) is 71.6 Å². The first-order chi connectivity index (χ1) is 12.4. The van der Waals surface area contributed by atoms with Crippen LogP contribution in [0.3, 0.4) is 0 Å². The molecule has 10 atom stereocenters. The lowest BCUT2D eigenvalue weighted by atomic mass is 9.46. The molecular formula is C23H34O3. The van der Waals surface area contributed by atoms with Gasteiger partial charge in [-0.3, -0.25) is 0 Å². The molecule has 0 radical (unpaired) electrons. The average molecular weight is 359 g/mol. The molecule has 144 valence electrons. The van der Waals surface area contributed by atoms with Crippen LogP contribution in [0.4, 0.5) is 0 Å². The molecule has 4 saturated carbocycles. The van der Waals surface area contributed by atoms with Crippen molar-refractivity contribution in [2.45, 2.75) is 89.6 Å². The third-order valence-corrected chi connectivity index (χ3v) is 10.3. The lowest BCUT2D eigenvalue weighted by Crippen LogP contribution is -2.56. The summed E-state index contributed by atoms with van der Waals surface area (Å²) in [6.45, 7) is 5.03. The maximum atomic E-state index is 10.2. The smallest absolute Gasteiger partial charge is 0.155 e. The van der Waals surface area contributed by atoms with E-state index in [9.17, 15) is 10.2 Å². The van der Waals surface area contributed by atoms with E-state index in [4.69, 9.17) is 4.74 Å². The highest BCUT2D eigenvalue weighted by molar-refractivity contribution is 5.30.